The molecule has 2 rings (SSSR count). The Kier molecular flexibility index (Phi) is 5.99. The lowest BCUT2D eigenvalue weighted by molar-refractivity contribution is -0.123. The van der Waals surface area contributed by atoms with Gasteiger partial charge in [-0.2, -0.15) is 0 Å². The molecule has 0 radical (unpaired) electrons. The van der Waals surface area contributed by atoms with Crippen LogP contribution in [0.2, 0.25) is 0 Å². The van der Waals surface area contributed by atoms with Gasteiger partial charge >= 0.3 is 0 Å². The molecule has 1 unspecified atom stereocenters. The van der Waals surface area contributed by atoms with Gasteiger partial charge in [0, 0.05) is 13.7 Å². The first-order valence-corrected chi connectivity index (χ1v) is 6.63. The van der Waals surface area contributed by atoms with Gasteiger partial charge in [0.25, 0.3) is 0 Å². The number of carbonyl (C=O) groups is 1. The Morgan fingerprint density at radius 1 is 1.40 bits per heavy atom. The van der Waals surface area contributed by atoms with Crippen LogP contribution in [0.25, 0.3) is 0 Å². The predicted octanol–water partition coefficient (Wildman–Crippen LogP) is 1.30. The molecule has 1 aromatic rings. The zero-order chi connectivity index (χ0) is 13.9. The van der Waals surface area contributed by atoms with E-state index >= 15 is 0 Å². The third-order valence-electron chi connectivity index (χ3n) is 3.73. The number of nitrogens with two attached hydrogens (primary N) is 1. The number of hydrogen-bond donors (Lipinski definition) is 2. The van der Waals surface area contributed by atoms with E-state index in [1.807, 2.05) is 0 Å². The molecule has 4 nitrogen and oxygen atoms in total. The number of hydrogen-bond acceptors (Lipinski definition) is 3. The number of fused-ring (bicyclic) bond motifs is 1. The number of nitrogens with one attached hydrogen (secondary N) is 1. The van der Waals surface area contributed by atoms with Crippen molar-refractivity contribution in [1.82, 2.24) is 5.32 Å². The zero-order valence-electron chi connectivity index (χ0n) is 12.0. The van der Waals surface area contributed by atoms with Crippen molar-refractivity contribution in [2.75, 3.05) is 20.3 Å². The topological polar surface area (TPSA) is 64.3 Å². The van der Waals surface area contributed by atoms with E-state index in [1.165, 1.54) is 11.1 Å². The van der Waals surface area contributed by atoms with Crippen molar-refractivity contribution in [3.63, 3.8) is 0 Å². The highest BCUT2D eigenvalue weighted by Gasteiger charge is 2.33. The number of benzene rings is 1. The number of methoxy groups -OCH3 is 1. The summed E-state index contributed by atoms with van der Waals surface area (Å²) >= 11 is 0. The summed E-state index contributed by atoms with van der Waals surface area (Å²) in [5, 5.41) is 2.94. The van der Waals surface area contributed by atoms with Crippen molar-refractivity contribution in [2.24, 2.45) is 11.1 Å². The fourth-order valence-electron chi connectivity index (χ4n) is 2.70. The molecular formula is C15H23ClN2O2. The molecule has 1 aromatic carbocycles. The Labute approximate surface area is 126 Å². The first-order valence-electron chi connectivity index (χ1n) is 6.63. The van der Waals surface area contributed by atoms with Gasteiger partial charge < -0.3 is 15.8 Å². The second kappa shape index (κ2) is 7.07. The van der Waals surface area contributed by atoms with Gasteiger partial charge in [0.05, 0.1) is 6.61 Å². The minimum atomic E-state index is -0.586. The predicted molar refractivity (Wildman–Crippen MR) is 82.1 cm³/mol. The average Bonchev–Trinajstić information content (AvgIpc) is 2.73. The molecule has 0 fully saturated rings. The Bertz CT molecular complexity index is 440. The van der Waals surface area contributed by atoms with Crippen LogP contribution in [0.5, 0.6) is 0 Å². The summed E-state index contributed by atoms with van der Waals surface area (Å²) in [4.78, 5) is 11.8. The SMILES string of the molecule is COCC(N)C(=O)NCC1(C)Cc2ccccc2C1.Cl. The lowest BCUT2D eigenvalue weighted by Gasteiger charge is -2.24. The lowest BCUT2D eigenvalue weighted by atomic mass is 9.87. The van der Waals surface area contributed by atoms with Crippen LogP contribution in [0.1, 0.15) is 18.1 Å². The Hall–Kier alpha value is -1.10. The second-order valence-electron chi connectivity index (χ2n) is 5.71. The number of amides is 1. The van der Waals surface area contributed by atoms with Crippen LogP contribution < -0.4 is 11.1 Å². The van der Waals surface area contributed by atoms with Crippen LogP contribution in [0, 0.1) is 5.41 Å². The maximum atomic E-state index is 11.8. The molecule has 0 bridgehead atoms. The summed E-state index contributed by atoms with van der Waals surface area (Å²) in [7, 11) is 1.54. The molecule has 3 N–H and O–H groups in total. The molecule has 1 aliphatic carbocycles. The van der Waals surface area contributed by atoms with Crippen LogP contribution in [-0.4, -0.2) is 32.2 Å². The van der Waals surface area contributed by atoms with Crippen molar-refractivity contribution in [3.05, 3.63) is 35.4 Å². The van der Waals surface area contributed by atoms with Crippen molar-refractivity contribution < 1.29 is 9.53 Å². The van der Waals surface area contributed by atoms with Gasteiger partial charge in [-0.15, -0.1) is 12.4 Å². The van der Waals surface area contributed by atoms with Gasteiger partial charge in [0.2, 0.25) is 5.91 Å². The molecule has 1 atom stereocenters. The van der Waals surface area contributed by atoms with E-state index in [-0.39, 0.29) is 30.3 Å². The summed E-state index contributed by atoms with van der Waals surface area (Å²) in [6.07, 6.45) is 2.01. The lowest BCUT2D eigenvalue weighted by Crippen LogP contribution is -2.46. The van der Waals surface area contributed by atoms with Gasteiger partial charge in [-0.25, -0.2) is 0 Å². The summed E-state index contributed by atoms with van der Waals surface area (Å²) < 4.78 is 4.89. The first kappa shape index (κ1) is 17.0. The van der Waals surface area contributed by atoms with Crippen LogP contribution in [0.4, 0.5) is 0 Å². The van der Waals surface area contributed by atoms with Crippen LogP contribution in [-0.2, 0) is 22.4 Å². The van der Waals surface area contributed by atoms with E-state index < -0.39 is 6.04 Å². The fourth-order valence-corrected chi connectivity index (χ4v) is 2.70. The van der Waals surface area contributed by atoms with Gasteiger partial charge in [-0.05, 0) is 29.4 Å². The molecule has 0 aliphatic heterocycles. The van der Waals surface area contributed by atoms with Gasteiger partial charge in [0.15, 0.2) is 0 Å². The number of carbonyl (C=O) groups excluding carboxylic acids is 1. The average molecular weight is 299 g/mol. The Balaban J connectivity index is 0.00000200. The molecule has 112 valence electrons. The Morgan fingerprint density at radius 3 is 2.45 bits per heavy atom. The smallest absolute Gasteiger partial charge is 0.239 e. The zero-order valence-corrected chi connectivity index (χ0v) is 12.8. The normalized spacial score (nSPS) is 16.9. The van der Waals surface area contributed by atoms with Gasteiger partial charge in [-0.3, -0.25) is 4.79 Å². The molecular weight excluding hydrogens is 276 g/mol. The molecule has 1 aliphatic rings. The van der Waals surface area contributed by atoms with E-state index in [1.54, 1.807) is 7.11 Å². The summed E-state index contributed by atoms with van der Waals surface area (Å²) in [5.74, 6) is -0.140. The summed E-state index contributed by atoms with van der Waals surface area (Å²) in [6, 6.07) is 7.88. The van der Waals surface area contributed by atoms with E-state index in [0.29, 0.717) is 6.54 Å². The van der Waals surface area contributed by atoms with Crippen molar-refractivity contribution in [3.8, 4) is 0 Å². The Morgan fingerprint density at radius 2 is 1.95 bits per heavy atom. The third kappa shape index (κ3) is 3.95. The summed E-state index contributed by atoms with van der Waals surface area (Å²) in [6.45, 7) is 3.11. The molecule has 0 saturated carbocycles. The molecule has 0 aromatic heterocycles. The highest BCUT2D eigenvalue weighted by Crippen LogP contribution is 2.35. The molecule has 20 heavy (non-hydrogen) atoms. The van der Waals surface area contributed by atoms with Crippen LogP contribution >= 0.6 is 12.4 Å². The standard InChI is InChI=1S/C15H22N2O2.ClH/c1-15(10-17-14(18)13(16)9-19-2)7-11-5-3-4-6-12(11)8-15;/h3-6,13H,7-10,16H2,1-2H3,(H,17,18);1H. The van der Waals surface area contributed by atoms with Crippen molar-refractivity contribution in [1.29, 1.82) is 0 Å². The molecule has 1 amide bonds. The largest absolute Gasteiger partial charge is 0.383 e. The van der Waals surface area contributed by atoms with E-state index in [0.717, 1.165) is 12.8 Å². The minimum absolute atomic E-state index is 0. The quantitative estimate of drug-likeness (QED) is 0.861. The molecule has 0 spiro atoms. The van der Waals surface area contributed by atoms with E-state index in [2.05, 4.69) is 36.5 Å². The van der Waals surface area contributed by atoms with Crippen molar-refractivity contribution in [2.45, 2.75) is 25.8 Å². The fraction of sp³-hybridized carbons (Fsp3) is 0.533. The maximum absolute atomic E-state index is 11.8. The third-order valence-corrected chi connectivity index (χ3v) is 3.73. The number of halogens is 1. The molecule has 0 heterocycles. The second-order valence-corrected chi connectivity index (χ2v) is 5.71. The molecule has 5 heteroatoms. The molecule has 0 saturated heterocycles. The first-order chi connectivity index (χ1) is 9.04. The minimum Gasteiger partial charge on any atom is -0.383 e. The highest BCUT2D eigenvalue weighted by atomic mass is 35.5. The maximum Gasteiger partial charge on any atom is 0.239 e. The van der Waals surface area contributed by atoms with Crippen LogP contribution in [0.3, 0.4) is 0 Å². The number of rotatable bonds is 5. The van der Waals surface area contributed by atoms with Crippen molar-refractivity contribution >= 4 is 18.3 Å². The van der Waals surface area contributed by atoms with E-state index in [9.17, 15) is 4.79 Å². The van der Waals surface area contributed by atoms with E-state index in [4.69, 9.17) is 10.5 Å². The monoisotopic (exact) mass is 298 g/mol. The highest BCUT2D eigenvalue weighted by molar-refractivity contribution is 5.85. The van der Waals surface area contributed by atoms with Crippen LogP contribution in [0.15, 0.2) is 24.3 Å². The van der Waals surface area contributed by atoms with Gasteiger partial charge in [0.1, 0.15) is 6.04 Å². The number of ether oxygens (including phenoxy) is 1. The van der Waals surface area contributed by atoms with Gasteiger partial charge in [-0.1, -0.05) is 31.2 Å². The summed E-state index contributed by atoms with van der Waals surface area (Å²) in [5.41, 5.74) is 8.57.